The second-order valence-corrected chi connectivity index (χ2v) is 7.93. The Morgan fingerprint density at radius 1 is 1.10 bits per heavy atom. The smallest absolute Gasteiger partial charge is 0.295 e. The van der Waals surface area contributed by atoms with Crippen molar-refractivity contribution in [1.29, 1.82) is 0 Å². The van der Waals surface area contributed by atoms with E-state index in [0.29, 0.717) is 27.4 Å². The van der Waals surface area contributed by atoms with E-state index in [1.165, 1.54) is 23.2 Å². The van der Waals surface area contributed by atoms with Crippen molar-refractivity contribution in [2.75, 3.05) is 26.2 Å². The zero-order chi connectivity index (χ0) is 21.4. The minimum atomic E-state index is -0.782. The van der Waals surface area contributed by atoms with Crippen molar-refractivity contribution >= 4 is 57.2 Å². The fraction of sp³-hybridized carbons (Fsp3) is 0.238. The molecule has 9 heteroatoms. The van der Waals surface area contributed by atoms with E-state index < -0.39 is 17.5 Å². The van der Waals surface area contributed by atoms with Gasteiger partial charge in [-0.25, -0.2) is 4.39 Å². The van der Waals surface area contributed by atoms with Gasteiger partial charge >= 0.3 is 0 Å². The molecule has 30 heavy (non-hydrogen) atoms. The van der Waals surface area contributed by atoms with Gasteiger partial charge in [-0.15, -0.1) is 0 Å². The number of aromatic amines is 1. The van der Waals surface area contributed by atoms with Crippen LogP contribution in [0.5, 0.6) is 0 Å². The number of rotatable bonds is 3. The molecule has 2 aromatic rings. The third kappa shape index (κ3) is 3.57. The van der Waals surface area contributed by atoms with E-state index in [4.69, 9.17) is 23.8 Å². The van der Waals surface area contributed by atoms with Crippen LogP contribution in [0.4, 0.5) is 4.39 Å². The topological polar surface area (TPSA) is 73.5 Å². The number of ketones is 1. The Hall–Kier alpha value is -2.84. The van der Waals surface area contributed by atoms with E-state index >= 15 is 0 Å². The summed E-state index contributed by atoms with van der Waals surface area (Å²) in [7, 11) is 0. The van der Waals surface area contributed by atoms with Gasteiger partial charge in [0.1, 0.15) is 5.82 Å². The Morgan fingerprint density at radius 3 is 2.50 bits per heavy atom. The van der Waals surface area contributed by atoms with Crippen LogP contribution in [0.25, 0.3) is 10.9 Å². The lowest BCUT2D eigenvalue weighted by atomic mass is 10.0. The number of benzene rings is 1. The summed E-state index contributed by atoms with van der Waals surface area (Å²) in [5.41, 5.74) is 0.770. The molecule has 6 nitrogen and oxygen atoms in total. The maximum atomic E-state index is 14.2. The molecule has 1 aromatic heterocycles. The number of nitrogens with one attached hydrogen (secondary N) is 1. The molecule has 2 heterocycles. The molecule has 1 N–H and O–H groups in total. The number of aromatic nitrogens is 1. The van der Waals surface area contributed by atoms with Gasteiger partial charge in [-0.3, -0.25) is 14.4 Å². The van der Waals surface area contributed by atoms with Crippen LogP contribution in [0.1, 0.15) is 16.8 Å². The van der Waals surface area contributed by atoms with Crippen LogP contribution in [-0.4, -0.2) is 63.4 Å². The van der Waals surface area contributed by atoms with Gasteiger partial charge in [-0.05, 0) is 18.2 Å². The maximum absolute atomic E-state index is 14.2. The Kier molecular flexibility index (Phi) is 5.53. The quantitative estimate of drug-likeness (QED) is 0.448. The molecule has 1 aromatic carbocycles. The number of fused-ring (bicyclic) bond motifs is 1. The van der Waals surface area contributed by atoms with Crippen molar-refractivity contribution in [1.82, 2.24) is 14.8 Å². The predicted molar refractivity (Wildman–Crippen MR) is 115 cm³/mol. The zero-order valence-corrected chi connectivity index (χ0v) is 17.4. The lowest BCUT2D eigenvalue weighted by Crippen LogP contribution is -2.52. The van der Waals surface area contributed by atoms with Crippen LogP contribution in [0.2, 0.25) is 0 Å². The maximum Gasteiger partial charge on any atom is 0.295 e. The van der Waals surface area contributed by atoms with Gasteiger partial charge in [-0.1, -0.05) is 36.0 Å². The monoisotopic (exact) mass is 445 g/mol. The molecule has 154 valence electrons. The summed E-state index contributed by atoms with van der Waals surface area (Å²) >= 11 is 11.4. The van der Waals surface area contributed by atoms with E-state index in [1.54, 1.807) is 23.1 Å². The highest BCUT2D eigenvalue weighted by Crippen LogP contribution is 2.24. The van der Waals surface area contributed by atoms with Gasteiger partial charge in [0.25, 0.3) is 17.6 Å². The normalized spacial score (nSPS) is 17.1. The van der Waals surface area contributed by atoms with Crippen LogP contribution in [0, 0.1) is 5.82 Å². The van der Waals surface area contributed by atoms with Gasteiger partial charge in [0.2, 0.25) is 0 Å². The van der Waals surface area contributed by atoms with E-state index in [1.807, 2.05) is 0 Å². The molecule has 1 fully saturated rings. The fourth-order valence-electron chi connectivity index (χ4n) is 3.66. The number of thiocarbonyl (C=S) groups is 1. The first-order valence-corrected chi connectivity index (χ1v) is 10.1. The molecule has 0 spiro atoms. The number of halogens is 2. The Bertz CT molecular complexity index is 1150. The number of hydrogen-bond acceptors (Lipinski definition) is 4. The van der Waals surface area contributed by atoms with Crippen molar-refractivity contribution in [2.24, 2.45) is 0 Å². The summed E-state index contributed by atoms with van der Waals surface area (Å²) in [6.07, 6.45) is 5.29. The third-order valence-corrected chi connectivity index (χ3v) is 5.93. The molecule has 0 radical (unpaired) electrons. The lowest BCUT2D eigenvalue weighted by molar-refractivity contribution is -0.134. The first-order chi connectivity index (χ1) is 14.4. The first kappa shape index (κ1) is 20.4. The van der Waals surface area contributed by atoms with Crippen LogP contribution < -0.4 is 0 Å². The number of allylic oxidation sites excluding steroid dienone is 3. The number of piperazine rings is 1. The summed E-state index contributed by atoms with van der Waals surface area (Å²) in [5, 5.41) is 0.413. The largest absolute Gasteiger partial charge is 0.360 e. The zero-order valence-electron chi connectivity index (χ0n) is 15.8. The second kappa shape index (κ2) is 8.12. The molecule has 0 saturated carbocycles. The van der Waals surface area contributed by atoms with Crippen molar-refractivity contribution in [2.45, 2.75) is 6.42 Å². The summed E-state index contributed by atoms with van der Waals surface area (Å²) in [6.45, 7) is 0.878. The summed E-state index contributed by atoms with van der Waals surface area (Å²) in [4.78, 5) is 44.5. The molecule has 4 rings (SSSR count). The van der Waals surface area contributed by atoms with Gasteiger partial charge in [-0.2, -0.15) is 0 Å². The Morgan fingerprint density at radius 2 is 1.80 bits per heavy atom. The van der Waals surface area contributed by atoms with E-state index in [-0.39, 0.29) is 43.0 Å². The molecule has 1 saturated heterocycles. The average molecular weight is 446 g/mol. The highest BCUT2D eigenvalue weighted by Gasteiger charge is 2.32. The van der Waals surface area contributed by atoms with Gasteiger partial charge in [0, 0.05) is 54.6 Å². The Balaban J connectivity index is 1.46. The lowest BCUT2D eigenvalue weighted by Gasteiger charge is -2.35. The van der Waals surface area contributed by atoms with Gasteiger partial charge in [0.15, 0.2) is 0 Å². The molecule has 1 aliphatic heterocycles. The average Bonchev–Trinajstić information content (AvgIpc) is 3.18. The van der Waals surface area contributed by atoms with Crippen LogP contribution in [-0.2, 0) is 9.59 Å². The van der Waals surface area contributed by atoms with Crippen molar-refractivity contribution in [3.63, 3.8) is 0 Å². The van der Waals surface area contributed by atoms with Crippen molar-refractivity contribution in [3.05, 3.63) is 58.5 Å². The van der Waals surface area contributed by atoms with Crippen molar-refractivity contribution < 1.29 is 18.8 Å². The molecule has 1 aliphatic carbocycles. The number of nitrogens with zero attached hydrogens (tertiary/aromatic N) is 2. The number of amides is 2. The summed E-state index contributed by atoms with van der Waals surface area (Å²) in [5.74, 6) is -2.34. The van der Waals surface area contributed by atoms with Crippen LogP contribution in [0.3, 0.4) is 0 Å². The minimum absolute atomic E-state index is 0.00267. The molecule has 2 amide bonds. The Labute approximate surface area is 182 Å². The fourth-order valence-corrected chi connectivity index (χ4v) is 4.29. The molecule has 2 aliphatic rings. The van der Waals surface area contributed by atoms with E-state index in [2.05, 4.69) is 4.98 Å². The first-order valence-electron chi connectivity index (χ1n) is 9.36. The molecule has 0 atom stereocenters. The van der Waals surface area contributed by atoms with Crippen LogP contribution in [0.15, 0.2) is 47.2 Å². The standard InChI is InChI=1S/C21H17ClFN3O3S/c22-13-3-1-6-16(30)18(13)20(28)25-7-9-26(10-8-25)21(29)19(27)12-11-24-15-5-2-4-14(23)17(12)15/h1-5,11,24H,6-10H2. The number of H-pyrrole nitrogens is 1. The summed E-state index contributed by atoms with van der Waals surface area (Å²) in [6, 6.07) is 4.40. The van der Waals surface area contributed by atoms with Crippen LogP contribution >= 0.6 is 23.8 Å². The number of carbonyl (C=O) groups excluding carboxylic acids is 3. The van der Waals surface area contributed by atoms with E-state index in [9.17, 15) is 18.8 Å². The second-order valence-electron chi connectivity index (χ2n) is 7.03. The number of Topliss-reactive ketones (excluding diaryl/α,β-unsaturated/α-hetero) is 1. The van der Waals surface area contributed by atoms with E-state index in [0.717, 1.165) is 0 Å². The highest BCUT2D eigenvalue weighted by atomic mass is 35.5. The molecular weight excluding hydrogens is 429 g/mol. The third-order valence-electron chi connectivity index (χ3n) is 5.25. The number of hydrogen-bond donors (Lipinski definition) is 1. The summed E-state index contributed by atoms with van der Waals surface area (Å²) < 4.78 is 14.2. The minimum Gasteiger partial charge on any atom is -0.360 e. The molecular formula is C21H17ClFN3O3S. The molecule has 0 unspecified atom stereocenters. The molecule has 0 bridgehead atoms. The van der Waals surface area contributed by atoms with Crippen molar-refractivity contribution in [3.8, 4) is 0 Å². The SMILES string of the molecule is O=C(C(=O)N1CCN(C(=O)C2=C(Cl)C=CCC2=S)CC1)c1c[nH]c2cccc(F)c12. The van der Waals surface area contributed by atoms with Gasteiger partial charge < -0.3 is 14.8 Å². The number of carbonyl (C=O) groups is 3. The van der Waals surface area contributed by atoms with Gasteiger partial charge in [0.05, 0.1) is 16.2 Å². The predicted octanol–water partition coefficient (Wildman–Crippen LogP) is 2.98. The highest BCUT2D eigenvalue weighted by molar-refractivity contribution is 7.81.